The zero-order valence-corrected chi connectivity index (χ0v) is 19.3. The van der Waals surface area contributed by atoms with Crippen LogP contribution in [0.2, 0.25) is 0 Å². The first kappa shape index (κ1) is 22.1. The second-order valence-corrected chi connectivity index (χ2v) is 11.4. The van der Waals surface area contributed by atoms with E-state index < -0.39 is 21.7 Å². The van der Waals surface area contributed by atoms with Crippen LogP contribution in [0.15, 0.2) is 52.4 Å². The number of allylic oxidation sites excluding steroid dienone is 1. The molecule has 0 bridgehead atoms. The summed E-state index contributed by atoms with van der Waals surface area (Å²) in [7, 11) is -3.43. The molecule has 1 aromatic carbocycles. The lowest BCUT2D eigenvalue weighted by Gasteiger charge is -2.30. The molecule has 33 heavy (non-hydrogen) atoms. The number of amides is 1. The number of aromatic nitrogens is 1. The van der Waals surface area contributed by atoms with Gasteiger partial charge in [-0.1, -0.05) is 30.1 Å². The van der Waals surface area contributed by atoms with Gasteiger partial charge in [0.1, 0.15) is 5.82 Å². The van der Waals surface area contributed by atoms with Crippen molar-refractivity contribution in [2.24, 2.45) is 0 Å². The van der Waals surface area contributed by atoms with Crippen LogP contribution in [0.3, 0.4) is 0 Å². The highest BCUT2D eigenvalue weighted by atomic mass is 32.2. The summed E-state index contributed by atoms with van der Waals surface area (Å²) < 4.78 is 39.9. The molecular weight excluding hydrogens is 441 g/mol. The van der Waals surface area contributed by atoms with E-state index in [-0.39, 0.29) is 15.7 Å². The maximum atomic E-state index is 14.0. The molecule has 0 atom stereocenters. The van der Waals surface area contributed by atoms with Gasteiger partial charge in [-0.25, -0.2) is 13.4 Å². The van der Waals surface area contributed by atoms with Gasteiger partial charge in [-0.05, 0) is 68.9 Å². The number of carbonyl (C=O) groups excluding carboxylic acids is 1. The molecule has 0 spiro atoms. The van der Waals surface area contributed by atoms with Gasteiger partial charge in [-0.2, -0.15) is 4.39 Å². The van der Waals surface area contributed by atoms with E-state index in [1.807, 2.05) is 4.90 Å². The van der Waals surface area contributed by atoms with Crippen LogP contribution >= 0.6 is 0 Å². The van der Waals surface area contributed by atoms with Gasteiger partial charge in [0.15, 0.2) is 9.84 Å². The predicted molar refractivity (Wildman–Crippen MR) is 126 cm³/mol. The van der Waals surface area contributed by atoms with Gasteiger partial charge in [0, 0.05) is 18.8 Å². The van der Waals surface area contributed by atoms with Crippen molar-refractivity contribution < 1.29 is 17.6 Å². The van der Waals surface area contributed by atoms with Crippen LogP contribution < -0.4 is 10.2 Å². The third-order valence-electron chi connectivity index (χ3n) is 6.91. The van der Waals surface area contributed by atoms with Crippen molar-refractivity contribution in [2.75, 3.05) is 23.3 Å². The minimum atomic E-state index is -3.43. The molecule has 6 nitrogen and oxygen atoms in total. The number of rotatable bonds is 5. The number of nitrogens with zero attached hydrogens (tertiary/aromatic N) is 2. The molecule has 8 heteroatoms. The Bertz CT molecular complexity index is 1200. The van der Waals surface area contributed by atoms with Crippen molar-refractivity contribution in [1.82, 2.24) is 4.98 Å². The molecule has 2 aromatic rings. The standard InChI is InChI=1S/C25H28FN3O3S/c26-23-11-10-22(24(28-23)29-14-12-18(13-15-29)17-8-9-17)25(30)27-19-4-3-7-21(16-19)33(31,32)20-5-1-2-6-20/h3-4,7,10-11,16,20H,1-2,5-6,8-9,12-15H2,(H,27,30). The third-order valence-corrected chi connectivity index (χ3v) is 9.17. The quantitative estimate of drug-likeness (QED) is 0.499. The van der Waals surface area contributed by atoms with Crippen LogP contribution in [0.4, 0.5) is 15.9 Å². The van der Waals surface area contributed by atoms with Gasteiger partial charge < -0.3 is 10.2 Å². The van der Waals surface area contributed by atoms with E-state index in [2.05, 4.69) is 10.3 Å². The van der Waals surface area contributed by atoms with Crippen LogP contribution in [0, 0.1) is 5.95 Å². The average Bonchev–Trinajstić information content (AvgIpc) is 3.51. The number of hydrogen-bond acceptors (Lipinski definition) is 5. The van der Waals surface area contributed by atoms with E-state index in [0.717, 1.165) is 25.7 Å². The molecule has 2 heterocycles. The number of piperidine rings is 1. The van der Waals surface area contributed by atoms with Gasteiger partial charge >= 0.3 is 0 Å². The molecule has 1 aliphatic heterocycles. The highest BCUT2D eigenvalue weighted by Gasteiger charge is 2.31. The SMILES string of the molecule is O=C(Nc1cccc(S(=O)(=O)C2CCCC2)c1)c1ccc(F)nc1N1CCC(=C2CC2)CC1. The predicted octanol–water partition coefficient (Wildman–Crippen LogP) is 4.88. The maximum absolute atomic E-state index is 14.0. The average molecular weight is 470 g/mol. The molecule has 1 saturated heterocycles. The Balaban J connectivity index is 1.36. The fourth-order valence-electron chi connectivity index (χ4n) is 4.94. The number of anilines is 2. The van der Waals surface area contributed by atoms with E-state index in [1.54, 1.807) is 23.8 Å². The molecule has 1 amide bonds. The Morgan fingerprint density at radius 2 is 1.70 bits per heavy atom. The Kier molecular flexibility index (Phi) is 5.95. The zero-order chi connectivity index (χ0) is 23.0. The summed E-state index contributed by atoms with van der Waals surface area (Å²) in [4.78, 5) is 19.4. The Morgan fingerprint density at radius 1 is 1.00 bits per heavy atom. The van der Waals surface area contributed by atoms with Crippen molar-refractivity contribution in [2.45, 2.75) is 61.5 Å². The van der Waals surface area contributed by atoms with Gasteiger partial charge in [-0.15, -0.1) is 0 Å². The third kappa shape index (κ3) is 4.67. The fraction of sp³-hybridized carbons (Fsp3) is 0.440. The summed E-state index contributed by atoms with van der Waals surface area (Å²) in [5.74, 6) is -0.723. The first-order valence-corrected chi connectivity index (χ1v) is 13.2. The summed E-state index contributed by atoms with van der Waals surface area (Å²) in [6.45, 7) is 1.40. The molecular formula is C25H28FN3O3S. The van der Waals surface area contributed by atoms with Crippen molar-refractivity contribution in [1.29, 1.82) is 0 Å². The minimum Gasteiger partial charge on any atom is -0.355 e. The van der Waals surface area contributed by atoms with Crippen LogP contribution in [-0.2, 0) is 9.84 Å². The van der Waals surface area contributed by atoms with E-state index in [1.165, 1.54) is 36.6 Å². The fourth-order valence-corrected chi connectivity index (χ4v) is 6.84. The second kappa shape index (κ2) is 8.89. The Labute approximate surface area is 193 Å². The second-order valence-electron chi connectivity index (χ2n) is 9.13. The number of benzene rings is 1. The lowest BCUT2D eigenvalue weighted by molar-refractivity contribution is 0.102. The maximum Gasteiger partial charge on any atom is 0.259 e. The van der Waals surface area contributed by atoms with Crippen LogP contribution in [-0.4, -0.2) is 37.6 Å². The summed E-state index contributed by atoms with van der Waals surface area (Å²) in [5.41, 5.74) is 3.72. The van der Waals surface area contributed by atoms with Crippen LogP contribution in [0.5, 0.6) is 0 Å². The highest BCUT2D eigenvalue weighted by molar-refractivity contribution is 7.92. The largest absolute Gasteiger partial charge is 0.355 e. The Hall–Kier alpha value is -2.74. The van der Waals surface area contributed by atoms with E-state index >= 15 is 0 Å². The summed E-state index contributed by atoms with van der Waals surface area (Å²) in [6, 6.07) is 9.02. The minimum absolute atomic E-state index is 0.223. The van der Waals surface area contributed by atoms with E-state index in [4.69, 9.17) is 0 Å². The first-order valence-electron chi connectivity index (χ1n) is 11.7. The molecule has 174 valence electrons. The van der Waals surface area contributed by atoms with Crippen molar-refractivity contribution in [3.05, 3.63) is 59.1 Å². The molecule has 0 unspecified atom stereocenters. The smallest absolute Gasteiger partial charge is 0.259 e. The molecule has 3 fully saturated rings. The molecule has 1 N–H and O–H groups in total. The lowest BCUT2D eigenvalue weighted by atomic mass is 10.0. The monoisotopic (exact) mass is 469 g/mol. The number of nitrogens with one attached hydrogen (secondary N) is 1. The molecule has 3 aliphatic rings. The number of halogens is 1. The number of carbonyl (C=O) groups is 1. The van der Waals surface area contributed by atoms with Gasteiger partial charge in [0.05, 0.1) is 15.7 Å². The van der Waals surface area contributed by atoms with Gasteiger partial charge in [0.2, 0.25) is 5.95 Å². The first-order chi connectivity index (χ1) is 15.9. The topological polar surface area (TPSA) is 79.4 Å². The molecule has 2 saturated carbocycles. The molecule has 1 aromatic heterocycles. The molecule has 2 aliphatic carbocycles. The normalized spacial score (nSPS) is 19.1. The summed E-state index contributed by atoms with van der Waals surface area (Å²) in [6.07, 6.45) is 7.42. The van der Waals surface area contributed by atoms with Crippen LogP contribution in [0.1, 0.15) is 61.7 Å². The Morgan fingerprint density at radius 3 is 2.39 bits per heavy atom. The summed E-state index contributed by atoms with van der Waals surface area (Å²) in [5, 5.41) is 2.44. The lowest BCUT2D eigenvalue weighted by Crippen LogP contribution is -2.33. The van der Waals surface area contributed by atoms with Crippen molar-refractivity contribution >= 4 is 27.2 Å². The van der Waals surface area contributed by atoms with Gasteiger partial charge in [-0.3, -0.25) is 4.79 Å². The highest BCUT2D eigenvalue weighted by Crippen LogP contribution is 2.37. The van der Waals surface area contributed by atoms with E-state index in [9.17, 15) is 17.6 Å². The number of hydrogen-bond donors (Lipinski definition) is 1. The van der Waals surface area contributed by atoms with Gasteiger partial charge in [0.25, 0.3) is 5.91 Å². The van der Waals surface area contributed by atoms with Crippen LogP contribution in [0.25, 0.3) is 0 Å². The zero-order valence-electron chi connectivity index (χ0n) is 18.5. The summed E-state index contributed by atoms with van der Waals surface area (Å²) >= 11 is 0. The van der Waals surface area contributed by atoms with Crippen molar-refractivity contribution in [3.8, 4) is 0 Å². The number of pyridine rings is 1. The molecule has 5 rings (SSSR count). The number of sulfone groups is 1. The molecule has 0 radical (unpaired) electrons. The van der Waals surface area contributed by atoms with E-state index in [0.29, 0.717) is 37.4 Å². The van der Waals surface area contributed by atoms with Crippen molar-refractivity contribution in [3.63, 3.8) is 0 Å².